The number of pyridine rings is 1. The highest BCUT2D eigenvalue weighted by molar-refractivity contribution is 5.98. The van der Waals surface area contributed by atoms with Gasteiger partial charge >= 0.3 is 0 Å². The van der Waals surface area contributed by atoms with Crippen LogP contribution in [0.3, 0.4) is 0 Å². The quantitative estimate of drug-likeness (QED) is 0.871. The van der Waals surface area contributed by atoms with Gasteiger partial charge < -0.3 is 14.2 Å². The van der Waals surface area contributed by atoms with Crippen molar-refractivity contribution in [3.05, 3.63) is 39.7 Å². The molecule has 1 heterocycles. The normalized spacial score (nSPS) is 14.1. The minimum absolute atomic E-state index is 0.0468. The number of nitrogens with zero attached hydrogens (tertiary/aromatic N) is 2. The van der Waals surface area contributed by atoms with Gasteiger partial charge in [0.2, 0.25) is 11.2 Å². The molecule has 1 aliphatic rings. The number of carbonyl (C=O) groups excluding carboxylic acids is 1. The molecule has 7 heteroatoms. The van der Waals surface area contributed by atoms with E-state index < -0.39 is 23.0 Å². The largest absolute Gasteiger partial charge is 0.491 e. The van der Waals surface area contributed by atoms with E-state index >= 15 is 0 Å². The van der Waals surface area contributed by atoms with Gasteiger partial charge in [-0.15, -0.1) is 0 Å². The van der Waals surface area contributed by atoms with Crippen molar-refractivity contribution in [1.29, 1.82) is 0 Å². The molecule has 0 aliphatic heterocycles. The first-order chi connectivity index (χ1) is 10.9. The first-order valence-corrected chi connectivity index (χ1v) is 7.19. The molecular formula is C16H16F2N2O3. The van der Waals surface area contributed by atoms with Gasteiger partial charge in [0, 0.05) is 26.3 Å². The van der Waals surface area contributed by atoms with Gasteiger partial charge in [0.05, 0.1) is 18.0 Å². The molecule has 1 saturated carbocycles. The number of amides is 1. The van der Waals surface area contributed by atoms with Gasteiger partial charge in [-0.3, -0.25) is 9.59 Å². The Morgan fingerprint density at radius 2 is 2.00 bits per heavy atom. The third-order valence-electron chi connectivity index (χ3n) is 3.95. The second-order valence-corrected chi connectivity index (χ2v) is 5.81. The van der Waals surface area contributed by atoms with Crippen LogP contribution in [0.25, 0.3) is 10.9 Å². The van der Waals surface area contributed by atoms with Gasteiger partial charge in [-0.25, -0.2) is 4.39 Å². The van der Waals surface area contributed by atoms with Crippen LogP contribution in [0.15, 0.2) is 17.1 Å². The molecule has 1 amide bonds. The molecule has 23 heavy (non-hydrogen) atoms. The average Bonchev–Trinajstić information content (AvgIpc) is 3.34. The highest BCUT2D eigenvalue weighted by Crippen LogP contribution is 2.40. The molecule has 0 saturated heterocycles. The maximum atomic E-state index is 14.0. The molecule has 122 valence electrons. The van der Waals surface area contributed by atoms with Crippen LogP contribution < -0.4 is 10.2 Å². The van der Waals surface area contributed by atoms with E-state index in [-0.39, 0.29) is 28.3 Å². The molecule has 5 nitrogen and oxygen atoms in total. The summed E-state index contributed by atoms with van der Waals surface area (Å²) in [5.74, 6) is -3.11. The molecule has 1 aliphatic carbocycles. The zero-order valence-corrected chi connectivity index (χ0v) is 13.0. The van der Waals surface area contributed by atoms with E-state index in [9.17, 15) is 18.4 Å². The predicted molar refractivity (Wildman–Crippen MR) is 81.0 cm³/mol. The molecule has 0 bridgehead atoms. The third-order valence-corrected chi connectivity index (χ3v) is 3.95. The van der Waals surface area contributed by atoms with Gasteiger partial charge in [-0.1, -0.05) is 0 Å². The number of aromatic nitrogens is 1. The fraction of sp³-hybridized carbons (Fsp3) is 0.375. The molecule has 0 unspecified atom stereocenters. The maximum Gasteiger partial charge on any atom is 0.258 e. The van der Waals surface area contributed by atoms with Gasteiger partial charge in [-0.2, -0.15) is 4.39 Å². The molecule has 3 rings (SSSR count). The van der Waals surface area contributed by atoms with Crippen LogP contribution in [0.4, 0.5) is 8.78 Å². The molecular weight excluding hydrogens is 306 g/mol. The molecule has 0 radical (unpaired) electrons. The van der Waals surface area contributed by atoms with Gasteiger partial charge in [0.1, 0.15) is 5.56 Å². The molecule has 1 aromatic heterocycles. The van der Waals surface area contributed by atoms with Crippen LogP contribution in [-0.2, 0) is 0 Å². The Balaban J connectivity index is 2.45. The van der Waals surface area contributed by atoms with E-state index in [0.29, 0.717) is 0 Å². The monoisotopic (exact) mass is 322 g/mol. The van der Waals surface area contributed by atoms with Crippen molar-refractivity contribution in [3.63, 3.8) is 0 Å². The maximum absolute atomic E-state index is 14.0. The van der Waals surface area contributed by atoms with Crippen molar-refractivity contribution in [2.45, 2.75) is 18.9 Å². The number of hydrogen-bond acceptors (Lipinski definition) is 3. The Labute approximate surface area is 131 Å². The summed E-state index contributed by atoms with van der Waals surface area (Å²) in [5.41, 5.74) is -0.510. The number of rotatable bonds is 3. The Kier molecular flexibility index (Phi) is 3.58. The van der Waals surface area contributed by atoms with Crippen molar-refractivity contribution in [2.75, 3.05) is 21.2 Å². The molecule has 1 fully saturated rings. The zero-order valence-electron chi connectivity index (χ0n) is 13.0. The summed E-state index contributed by atoms with van der Waals surface area (Å²) >= 11 is 0. The first kappa shape index (κ1) is 15.5. The Bertz CT molecular complexity index is 870. The summed E-state index contributed by atoms with van der Waals surface area (Å²) < 4.78 is 34.5. The van der Waals surface area contributed by atoms with Crippen LogP contribution in [0.5, 0.6) is 5.75 Å². The van der Waals surface area contributed by atoms with Crippen LogP contribution in [0.1, 0.15) is 29.2 Å². The lowest BCUT2D eigenvalue weighted by atomic mass is 10.1. The number of carbonyl (C=O) groups is 1. The van der Waals surface area contributed by atoms with E-state index in [0.717, 1.165) is 18.9 Å². The lowest BCUT2D eigenvalue weighted by Gasteiger charge is -2.17. The smallest absolute Gasteiger partial charge is 0.258 e. The minimum atomic E-state index is -1.18. The Morgan fingerprint density at radius 1 is 1.35 bits per heavy atom. The number of methoxy groups -OCH3 is 1. The van der Waals surface area contributed by atoms with Gasteiger partial charge in [0.15, 0.2) is 11.6 Å². The number of benzene rings is 1. The SMILES string of the molecule is COc1c(F)c(F)cc2c(=O)c(C(=O)N(C)C)cn(C3CC3)c12. The highest BCUT2D eigenvalue weighted by atomic mass is 19.2. The lowest BCUT2D eigenvalue weighted by Crippen LogP contribution is -2.29. The van der Waals surface area contributed by atoms with Crippen molar-refractivity contribution in [1.82, 2.24) is 9.47 Å². The third kappa shape index (κ3) is 2.36. The summed E-state index contributed by atoms with van der Waals surface area (Å²) in [7, 11) is 4.27. The predicted octanol–water partition coefficient (Wildman–Crippen LogP) is 2.33. The molecule has 0 atom stereocenters. The number of halogens is 2. The van der Waals surface area contributed by atoms with Crippen molar-refractivity contribution in [2.24, 2.45) is 0 Å². The van der Waals surface area contributed by atoms with Crippen LogP contribution in [0, 0.1) is 11.6 Å². The van der Waals surface area contributed by atoms with Crippen molar-refractivity contribution in [3.8, 4) is 5.75 Å². The summed E-state index contributed by atoms with van der Waals surface area (Å²) in [6, 6.07) is 0.881. The van der Waals surface area contributed by atoms with Crippen LogP contribution in [0.2, 0.25) is 0 Å². The van der Waals surface area contributed by atoms with Crippen molar-refractivity contribution >= 4 is 16.8 Å². The molecule has 0 N–H and O–H groups in total. The fourth-order valence-corrected chi connectivity index (χ4v) is 2.65. The molecule has 1 aromatic carbocycles. The molecule has 2 aromatic rings. The second-order valence-electron chi connectivity index (χ2n) is 5.81. The number of fused-ring (bicyclic) bond motifs is 1. The standard InChI is InChI=1S/C16H16F2N2O3/c1-19(2)16(22)10-7-20(8-4-5-8)13-9(14(10)21)6-11(17)12(18)15(13)23-3/h6-8H,4-5H2,1-3H3. The van der Waals surface area contributed by atoms with E-state index in [1.807, 2.05) is 0 Å². The summed E-state index contributed by atoms with van der Waals surface area (Å²) in [5, 5.41) is -0.0552. The summed E-state index contributed by atoms with van der Waals surface area (Å²) in [4.78, 5) is 26.1. The Hall–Kier alpha value is -2.44. The zero-order chi connectivity index (χ0) is 16.9. The van der Waals surface area contributed by atoms with Crippen LogP contribution in [-0.4, -0.2) is 36.6 Å². The van der Waals surface area contributed by atoms with Crippen molar-refractivity contribution < 1.29 is 18.3 Å². The minimum Gasteiger partial charge on any atom is -0.491 e. The highest BCUT2D eigenvalue weighted by Gasteiger charge is 2.30. The van der Waals surface area contributed by atoms with Gasteiger partial charge in [0.25, 0.3) is 5.91 Å². The van der Waals surface area contributed by atoms with Gasteiger partial charge in [-0.05, 0) is 18.9 Å². The van der Waals surface area contributed by atoms with Crippen LogP contribution >= 0.6 is 0 Å². The number of ether oxygens (including phenoxy) is 1. The van der Waals surface area contributed by atoms with E-state index in [1.165, 1.54) is 32.3 Å². The molecule has 0 spiro atoms. The number of hydrogen-bond donors (Lipinski definition) is 0. The first-order valence-electron chi connectivity index (χ1n) is 7.19. The van der Waals surface area contributed by atoms with E-state index in [4.69, 9.17) is 4.74 Å². The topological polar surface area (TPSA) is 51.5 Å². The fourth-order valence-electron chi connectivity index (χ4n) is 2.65. The van der Waals surface area contributed by atoms with E-state index in [1.54, 1.807) is 4.57 Å². The average molecular weight is 322 g/mol. The lowest BCUT2D eigenvalue weighted by molar-refractivity contribution is 0.0825. The second kappa shape index (κ2) is 5.33. The van der Waals surface area contributed by atoms with E-state index in [2.05, 4.69) is 0 Å². The summed E-state index contributed by atoms with van der Waals surface area (Å²) in [6.45, 7) is 0. The summed E-state index contributed by atoms with van der Waals surface area (Å²) in [6.07, 6.45) is 3.11. The Morgan fingerprint density at radius 3 is 2.52 bits per heavy atom.